The third kappa shape index (κ3) is 3.57. The van der Waals surface area contributed by atoms with Gasteiger partial charge >= 0.3 is 0 Å². The molecule has 66 valence electrons. The molecule has 11 heavy (non-hydrogen) atoms. The summed E-state index contributed by atoms with van der Waals surface area (Å²) in [5.41, 5.74) is 1.11. The maximum atomic E-state index is 9.65. The molecular weight excluding hydrogens is 136 g/mol. The minimum atomic E-state index is -0.236. The van der Waals surface area contributed by atoms with Gasteiger partial charge in [0.15, 0.2) is 0 Å². The summed E-state index contributed by atoms with van der Waals surface area (Å²) in [6.07, 6.45) is 3.91. The van der Waals surface area contributed by atoms with Gasteiger partial charge in [-0.15, -0.1) is 0 Å². The van der Waals surface area contributed by atoms with Crippen LogP contribution in [0.25, 0.3) is 0 Å². The average molecular weight is 156 g/mol. The van der Waals surface area contributed by atoms with E-state index in [4.69, 9.17) is 0 Å². The van der Waals surface area contributed by atoms with E-state index in [-0.39, 0.29) is 6.10 Å². The molecule has 0 rings (SSSR count). The third-order valence-electron chi connectivity index (χ3n) is 2.18. The largest absolute Gasteiger partial charge is 0.388 e. The molecule has 0 spiro atoms. The number of rotatable bonds is 4. The molecule has 0 aromatic carbocycles. The SMILES string of the molecule is CC/C=C(\C)[C@H](O)[C@H](C)CC. The first-order valence-corrected chi connectivity index (χ1v) is 4.48. The second-order valence-corrected chi connectivity index (χ2v) is 3.19. The van der Waals surface area contributed by atoms with Gasteiger partial charge in [-0.3, -0.25) is 0 Å². The van der Waals surface area contributed by atoms with E-state index in [9.17, 15) is 5.11 Å². The zero-order valence-corrected chi connectivity index (χ0v) is 8.09. The third-order valence-corrected chi connectivity index (χ3v) is 2.18. The fourth-order valence-corrected chi connectivity index (χ4v) is 1.11. The van der Waals surface area contributed by atoms with E-state index in [1.807, 2.05) is 6.92 Å². The van der Waals surface area contributed by atoms with E-state index in [1.165, 1.54) is 0 Å². The second kappa shape index (κ2) is 5.36. The van der Waals surface area contributed by atoms with Crippen molar-refractivity contribution in [2.45, 2.75) is 46.6 Å². The van der Waals surface area contributed by atoms with Crippen LogP contribution in [0.15, 0.2) is 11.6 Å². The van der Waals surface area contributed by atoms with Crippen molar-refractivity contribution < 1.29 is 5.11 Å². The van der Waals surface area contributed by atoms with Crippen molar-refractivity contribution in [2.24, 2.45) is 5.92 Å². The van der Waals surface area contributed by atoms with Crippen molar-refractivity contribution in [3.8, 4) is 0 Å². The Morgan fingerprint density at radius 1 is 1.45 bits per heavy atom. The van der Waals surface area contributed by atoms with Gasteiger partial charge in [-0.05, 0) is 24.8 Å². The van der Waals surface area contributed by atoms with Crippen LogP contribution in [-0.2, 0) is 0 Å². The summed E-state index contributed by atoms with van der Waals surface area (Å²) in [5, 5.41) is 9.65. The van der Waals surface area contributed by atoms with Gasteiger partial charge in [-0.25, -0.2) is 0 Å². The molecule has 0 saturated heterocycles. The Morgan fingerprint density at radius 2 is 2.00 bits per heavy atom. The monoisotopic (exact) mass is 156 g/mol. The fourth-order valence-electron chi connectivity index (χ4n) is 1.11. The Bertz CT molecular complexity index is 127. The Kier molecular flexibility index (Phi) is 5.22. The van der Waals surface area contributed by atoms with Crippen LogP contribution in [0.3, 0.4) is 0 Å². The van der Waals surface area contributed by atoms with Crippen LogP contribution >= 0.6 is 0 Å². The van der Waals surface area contributed by atoms with Crippen LogP contribution in [0.4, 0.5) is 0 Å². The molecule has 0 heterocycles. The van der Waals surface area contributed by atoms with Crippen molar-refractivity contribution in [2.75, 3.05) is 0 Å². The van der Waals surface area contributed by atoms with Gasteiger partial charge < -0.3 is 5.11 Å². The van der Waals surface area contributed by atoms with Crippen molar-refractivity contribution in [3.63, 3.8) is 0 Å². The maximum absolute atomic E-state index is 9.65. The normalized spacial score (nSPS) is 18.1. The molecule has 1 heteroatoms. The van der Waals surface area contributed by atoms with E-state index in [2.05, 4.69) is 26.8 Å². The molecule has 1 nitrogen and oxygen atoms in total. The fraction of sp³-hybridized carbons (Fsp3) is 0.800. The summed E-state index contributed by atoms with van der Waals surface area (Å²) >= 11 is 0. The first-order valence-electron chi connectivity index (χ1n) is 4.48. The minimum absolute atomic E-state index is 0.236. The van der Waals surface area contributed by atoms with Gasteiger partial charge in [-0.2, -0.15) is 0 Å². The average Bonchev–Trinajstić information content (AvgIpc) is 2.02. The van der Waals surface area contributed by atoms with Gasteiger partial charge in [-0.1, -0.05) is 33.3 Å². The Labute approximate surface area is 70.1 Å². The highest BCUT2D eigenvalue weighted by molar-refractivity contribution is 5.05. The molecule has 1 N–H and O–H groups in total. The quantitative estimate of drug-likeness (QED) is 0.620. The highest BCUT2D eigenvalue weighted by atomic mass is 16.3. The van der Waals surface area contributed by atoms with Gasteiger partial charge in [0, 0.05) is 0 Å². The van der Waals surface area contributed by atoms with Crippen LogP contribution in [-0.4, -0.2) is 11.2 Å². The van der Waals surface area contributed by atoms with E-state index < -0.39 is 0 Å². The van der Waals surface area contributed by atoms with Crippen LogP contribution in [0.2, 0.25) is 0 Å². The number of aliphatic hydroxyl groups is 1. The summed E-state index contributed by atoms with van der Waals surface area (Å²) in [7, 11) is 0. The molecule has 0 bridgehead atoms. The lowest BCUT2D eigenvalue weighted by atomic mass is 9.96. The highest BCUT2D eigenvalue weighted by Crippen LogP contribution is 2.15. The number of hydrogen-bond donors (Lipinski definition) is 1. The standard InChI is InChI=1S/C10H20O/c1-5-7-9(4)10(11)8(3)6-2/h7-8,10-11H,5-6H2,1-4H3/b9-7+/t8-,10-/m1/s1. The molecule has 0 unspecified atom stereocenters. The van der Waals surface area contributed by atoms with E-state index in [0.29, 0.717) is 5.92 Å². The molecule has 0 fully saturated rings. The smallest absolute Gasteiger partial charge is 0.0772 e. The molecule has 0 saturated carbocycles. The number of allylic oxidation sites excluding steroid dienone is 1. The first kappa shape index (κ1) is 10.7. The summed E-state index contributed by atoms with van der Waals surface area (Å²) in [6.45, 7) is 8.28. The Balaban J connectivity index is 4.00. The summed E-state index contributed by atoms with van der Waals surface area (Å²) in [6, 6.07) is 0. The van der Waals surface area contributed by atoms with E-state index in [0.717, 1.165) is 18.4 Å². The lowest BCUT2D eigenvalue weighted by molar-refractivity contribution is 0.148. The molecule has 0 amide bonds. The molecule has 0 aliphatic carbocycles. The zero-order valence-electron chi connectivity index (χ0n) is 8.09. The van der Waals surface area contributed by atoms with Crippen LogP contribution in [0, 0.1) is 5.92 Å². The summed E-state index contributed by atoms with van der Waals surface area (Å²) in [4.78, 5) is 0. The lowest BCUT2D eigenvalue weighted by Crippen LogP contribution is -2.17. The summed E-state index contributed by atoms with van der Waals surface area (Å²) in [5.74, 6) is 0.387. The van der Waals surface area contributed by atoms with Crippen molar-refractivity contribution >= 4 is 0 Å². The maximum Gasteiger partial charge on any atom is 0.0772 e. The molecule has 0 aliphatic heterocycles. The Hall–Kier alpha value is -0.300. The predicted molar refractivity (Wildman–Crippen MR) is 49.5 cm³/mol. The highest BCUT2D eigenvalue weighted by Gasteiger charge is 2.12. The first-order chi connectivity index (χ1) is 5.13. The van der Waals surface area contributed by atoms with Gasteiger partial charge in [0.25, 0.3) is 0 Å². The van der Waals surface area contributed by atoms with Gasteiger partial charge in [0.2, 0.25) is 0 Å². The van der Waals surface area contributed by atoms with Crippen molar-refractivity contribution in [1.82, 2.24) is 0 Å². The minimum Gasteiger partial charge on any atom is -0.388 e. The van der Waals surface area contributed by atoms with Crippen molar-refractivity contribution in [1.29, 1.82) is 0 Å². The Morgan fingerprint density at radius 3 is 2.36 bits per heavy atom. The van der Waals surface area contributed by atoms with Crippen LogP contribution < -0.4 is 0 Å². The molecule has 0 radical (unpaired) electrons. The predicted octanol–water partition coefficient (Wildman–Crippen LogP) is 2.75. The number of hydrogen-bond acceptors (Lipinski definition) is 1. The molecule has 0 aromatic rings. The lowest BCUT2D eigenvalue weighted by Gasteiger charge is -2.17. The number of aliphatic hydroxyl groups excluding tert-OH is 1. The molecule has 2 atom stereocenters. The van der Waals surface area contributed by atoms with Crippen molar-refractivity contribution in [3.05, 3.63) is 11.6 Å². The van der Waals surface area contributed by atoms with E-state index >= 15 is 0 Å². The van der Waals surface area contributed by atoms with Gasteiger partial charge in [0.1, 0.15) is 0 Å². The second-order valence-electron chi connectivity index (χ2n) is 3.19. The molecule has 0 aliphatic rings. The summed E-state index contributed by atoms with van der Waals surface area (Å²) < 4.78 is 0. The molecular formula is C10H20O. The molecule has 0 aromatic heterocycles. The zero-order chi connectivity index (χ0) is 8.85. The van der Waals surface area contributed by atoms with E-state index in [1.54, 1.807) is 0 Å². The van der Waals surface area contributed by atoms with Crippen LogP contribution in [0.1, 0.15) is 40.5 Å². The topological polar surface area (TPSA) is 20.2 Å². The van der Waals surface area contributed by atoms with Crippen LogP contribution in [0.5, 0.6) is 0 Å². The van der Waals surface area contributed by atoms with Gasteiger partial charge in [0.05, 0.1) is 6.10 Å².